The Morgan fingerprint density at radius 2 is 1.39 bits per heavy atom. The van der Waals surface area contributed by atoms with E-state index in [9.17, 15) is 22.7 Å². The van der Waals surface area contributed by atoms with Crippen LogP contribution in [0.2, 0.25) is 0 Å². The van der Waals surface area contributed by atoms with Crippen molar-refractivity contribution in [3.63, 3.8) is 0 Å². The number of rotatable bonds is 13. The second-order valence-corrected chi connectivity index (χ2v) is 10.2. The van der Waals surface area contributed by atoms with Crippen LogP contribution in [0.1, 0.15) is 36.5 Å². The van der Waals surface area contributed by atoms with E-state index in [1.165, 1.54) is 18.2 Å². The van der Waals surface area contributed by atoms with Crippen LogP contribution in [0.4, 0.5) is 23.2 Å². The molecular formula is C33H33F4NO3. The average Bonchev–Trinajstić information content (AvgIpc) is 2.93. The number of hydrogen-bond donors (Lipinski definition) is 1. The molecule has 0 radical (unpaired) electrons. The zero-order chi connectivity index (χ0) is 29.4. The van der Waals surface area contributed by atoms with Crippen molar-refractivity contribution in [3.8, 4) is 17.2 Å². The summed E-state index contributed by atoms with van der Waals surface area (Å²) in [7, 11) is 0. The van der Waals surface area contributed by atoms with Gasteiger partial charge in [-0.3, -0.25) is 0 Å². The molecule has 0 saturated carbocycles. The summed E-state index contributed by atoms with van der Waals surface area (Å²) in [5, 5.41) is 11.0. The van der Waals surface area contributed by atoms with E-state index in [1.54, 1.807) is 6.07 Å². The number of ether oxygens (including phenoxy) is 2. The summed E-state index contributed by atoms with van der Waals surface area (Å²) in [5.74, 6) is 1.24. The quantitative estimate of drug-likeness (QED) is 0.165. The molecule has 1 unspecified atom stereocenters. The fourth-order valence-electron chi connectivity index (χ4n) is 4.41. The molecule has 1 atom stereocenters. The van der Waals surface area contributed by atoms with E-state index in [1.807, 2.05) is 83.8 Å². The smallest absolute Gasteiger partial charge is 0.457 e. The molecule has 8 heteroatoms. The van der Waals surface area contributed by atoms with Crippen molar-refractivity contribution in [2.75, 3.05) is 11.4 Å². The van der Waals surface area contributed by atoms with Gasteiger partial charge in [0.1, 0.15) is 17.2 Å². The van der Waals surface area contributed by atoms with Crippen molar-refractivity contribution in [3.05, 3.63) is 120 Å². The van der Waals surface area contributed by atoms with Crippen molar-refractivity contribution >= 4 is 5.69 Å². The molecule has 0 bridgehead atoms. The highest BCUT2D eigenvalue weighted by molar-refractivity contribution is 5.52. The van der Waals surface area contributed by atoms with Crippen molar-refractivity contribution < 1.29 is 32.1 Å². The Bertz CT molecular complexity index is 1400. The lowest BCUT2D eigenvalue weighted by atomic mass is 10.0. The van der Waals surface area contributed by atoms with Gasteiger partial charge in [-0.05, 0) is 59.0 Å². The lowest BCUT2D eigenvalue weighted by Crippen LogP contribution is -2.34. The third-order valence-corrected chi connectivity index (χ3v) is 6.47. The molecule has 0 amide bonds. The minimum atomic E-state index is -4.61. The van der Waals surface area contributed by atoms with Gasteiger partial charge >= 0.3 is 12.5 Å². The number of alkyl halides is 4. The Kier molecular flexibility index (Phi) is 9.89. The van der Waals surface area contributed by atoms with E-state index in [2.05, 4.69) is 18.6 Å². The van der Waals surface area contributed by atoms with Crippen LogP contribution in [0.25, 0.3) is 0 Å². The summed E-state index contributed by atoms with van der Waals surface area (Å²) < 4.78 is 62.9. The Morgan fingerprint density at radius 3 is 2.10 bits per heavy atom. The largest absolute Gasteiger partial charge is 0.461 e. The SMILES string of the molecule is CC(C)c1cccc(Oc2cccc(N(Cc3cccc(OC(F)(F)C(F)F)c3)CC(O)Cc3ccccc3)c2)c1. The molecule has 4 aromatic carbocycles. The maximum atomic E-state index is 13.5. The number of aliphatic hydroxyl groups excluding tert-OH is 1. The summed E-state index contributed by atoms with van der Waals surface area (Å²) in [6.45, 7) is 4.61. The number of benzene rings is 4. The van der Waals surface area contributed by atoms with Gasteiger partial charge in [-0.15, -0.1) is 0 Å². The van der Waals surface area contributed by atoms with Gasteiger partial charge in [0.05, 0.1) is 6.10 Å². The number of nitrogens with zero attached hydrogens (tertiary/aromatic N) is 1. The summed E-state index contributed by atoms with van der Waals surface area (Å²) in [6, 6.07) is 30.4. The van der Waals surface area contributed by atoms with Crippen LogP contribution in [0.3, 0.4) is 0 Å². The van der Waals surface area contributed by atoms with Crippen molar-refractivity contribution in [1.29, 1.82) is 0 Å². The van der Waals surface area contributed by atoms with Gasteiger partial charge in [-0.25, -0.2) is 0 Å². The maximum absolute atomic E-state index is 13.5. The van der Waals surface area contributed by atoms with Crippen LogP contribution >= 0.6 is 0 Å². The van der Waals surface area contributed by atoms with E-state index >= 15 is 0 Å². The predicted molar refractivity (Wildman–Crippen MR) is 152 cm³/mol. The maximum Gasteiger partial charge on any atom is 0.461 e. The minimum Gasteiger partial charge on any atom is -0.457 e. The fraction of sp³-hybridized carbons (Fsp3) is 0.273. The van der Waals surface area contributed by atoms with Crippen LogP contribution in [0.15, 0.2) is 103 Å². The van der Waals surface area contributed by atoms with Crippen molar-refractivity contribution in [1.82, 2.24) is 0 Å². The first kappa shape index (κ1) is 29.9. The molecular weight excluding hydrogens is 534 g/mol. The van der Waals surface area contributed by atoms with Gasteiger partial charge in [-0.2, -0.15) is 17.6 Å². The van der Waals surface area contributed by atoms with Crippen LogP contribution in [-0.2, 0) is 13.0 Å². The molecule has 216 valence electrons. The molecule has 0 aliphatic rings. The molecule has 0 aliphatic carbocycles. The highest BCUT2D eigenvalue weighted by Crippen LogP contribution is 2.31. The van der Waals surface area contributed by atoms with Gasteiger partial charge in [0.15, 0.2) is 0 Å². The van der Waals surface area contributed by atoms with Crippen molar-refractivity contribution in [2.24, 2.45) is 0 Å². The highest BCUT2D eigenvalue weighted by Gasteiger charge is 2.44. The Balaban J connectivity index is 1.59. The molecule has 0 aromatic heterocycles. The van der Waals surface area contributed by atoms with Crippen LogP contribution in [-0.4, -0.2) is 30.3 Å². The summed E-state index contributed by atoms with van der Waals surface area (Å²) in [4.78, 5) is 1.88. The second-order valence-electron chi connectivity index (χ2n) is 10.2. The molecule has 4 rings (SSSR count). The summed E-state index contributed by atoms with van der Waals surface area (Å²) in [6.07, 6.45) is -8.92. The van der Waals surface area contributed by atoms with Gasteiger partial charge in [0, 0.05) is 31.3 Å². The van der Waals surface area contributed by atoms with E-state index in [0.29, 0.717) is 29.4 Å². The molecule has 4 nitrogen and oxygen atoms in total. The monoisotopic (exact) mass is 567 g/mol. The molecule has 4 aromatic rings. The standard InChI is InChI=1S/C33H33F4NO3/c1-23(2)26-12-7-14-29(19-26)40-30-15-8-13-27(20-30)38(22-28(39)17-24-9-4-3-5-10-24)21-25-11-6-16-31(18-25)41-33(36,37)32(34)35/h3-16,18-20,23,28,32,39H,17,21-22H2,1-2H3. The predicted octanol–water partition coefficient (Wildman–Crippen LogP) is 8.45. The Hall–Kier alpha value is -4.04. The molecule has 41 heavy (non-hydrogen) atoms. The third kappa shape index (κ3) is 8.72. The fourth-order valence-corrected chi connectivity index (χ4v) is 4.41. The number of hydrogen-bond acceptors (Lipinski definition) is 4. The molecule has 0 saturated heterocycles. The lowest BCUT2D eigenvalue weighted by Gasteiger charge is -2.28. The first-order chi connectivity index (χ1) is 19.6. The molecule has 0 heterocycles. The zero-order valence-electron chi connectivity index (χ0n) is 22.9. The van der Waals surface area contributed by atoms with Crippen LogP contribution in [0, 0.1) is 0 Å². The number of halogens is 4. The van der Waals surface area contributed by atoms with Crippen molar-refractivity contribution in [2.45, 2.75) is 51.4 Å². The Labute approximate surface area is 237 Å². The van der Waals surface area contributed by atoms with E-state index < -0.39 is 18.6 Å². The van der Waals surface area contributed by atoms with Gasteiger partial charge in [0.25, 0.3) is 0 Å². The number of aliphatic hydroxyl groups is 1. The lowest BCUT2D eigenvalue weighted by molar-refractivity contribution is -0.253. The van der Waals surface area contributed by atoms with Gasteiger partial charge in [-0.1, -0.05) is 74.5 Å². The third-order valence-electron chi connectivity index (χ3n) is 6.47. The topological polar surface area (TPSA) is 41.9 Å². The Morgan fingerprint density at radius 1 is 0.756 bits per heavy atom. The first-order valence-corrected chi connectivity index (χ1v) is 13.4. The van der Waals surface area contributed by atoms with Gasteiger partial charge in [0.2, 0.25) is 0 Å². The average molecular weight is 568 g/mol. The first-order valence-electron chi connectivity index (χ1n) is 13.4. The van der Waals surface area contributed by atoms with E-state index in [4.69, 9.17) is 4.74 Å². The normalized spacial score (nSPS) is 12.4. The summed E-state index contributed by atoms with van der Waals surface area (Å²) in [5.41, 5.74) is 3.37. The van der Waals surface area contributed by atoms with E-state index in [-0.39, 0.29) is 18.8 Å². The second kappa shape index (κ2) is 13.5. The van der Waals surface area contributed by atoms with Gasteiger partial charge < -0.3 is 19.5 Å². The molecule has 0 spiro atoms. The zero-order valence-corrected chi connectivity index (χ0v) is 22.9. The molecule has 1 N–H and O–H groups in total. The molecule has 0 aliphatic heterocycles. The molecule has 0 fully saturated rings. The number of anilines is 1. The highest BCUT2D eigenvalue weighted by atomic mass is 19.3. The van der Waals surface area contributed by atoms with Crippen LogP contribution in [0.5, 0.6) is 17.2 Å². The van der Waals surface area contributed by atoms with E-state index in [0.717, 1.165) is 16.8 Å². The summed E-state index contributed by atoms with van der Waals surface area (Å²) >= 11 is 0. The van der Waals surface area contributed by atoms with Crippen LogP contribution < -0.4 is 14.4 Å². The minimum absolute atomic E-state index is 0.190.